The summed E-state index contributed by atoms with van der Waals surface area (Å²) >= 11 is 0. The Kier molecular flexibility index (Phi) is 4.32. The van der Waals surface area contributed by atoms with E-state index in [-0.39, 0.29) is 30.7 Å². The Hall–Kier alpha value is -1.99. The number of aliphatic hydroxyl groups excluding tert-OH is 2. The second-order valence-electron chi connectivity index (χ2n) is 6.25. The molecule has 0 aromatic carbocycles. The first-order valence-electron chi connectivity index (χ1n) is 7.88. The molecule has 0 unspecified atom stereocenters. The number of hydrogen-bond donors (Lipinski definition) is 3. The van der Waals surface area contributed by atoms with Gasteiger partial charge in [0.15, 0.2) is 0 Å². The van der Waals surface area contributed by atoms with Crippen LogP contribution < -0.4 is 5.32 Å². The Labute approximate surface area is 134 Å². The van der Waals surface area contributed by atoms with Crippen molar-refractivity contribution in [3.05, 3.63) is 29.6 Å². The molecule has 3 rings (SSSR count). The van der Waals surface area contributed by atoms with E-state index in [1.807, 2.05) is 0 Å². The number of nitrogens with one attached hydrogen (secondary N) is 1. The molecule has 7 heteroatoms. The van der Waals surface area contributed by atoms with Crippen LogP contribution in [0.25, 0.3) is 0 Å². The van der Waals surface area contributed by atoms with Crippen LogP contribution in [0, 0.1) is 5.41 Å². The number of rotatable bonds is 2. The van der Waals surface area contributed by atoms with Gasteiger partial charge in [-0.15, -0.1) is 0 Å². The number of carbonyl (C=O) groups excluding carboxylic acids is 2. The van der Waals surface area contributed by atoms with Gasteiger partial charge in [-0.05, 0) is 37.0 Å². The summed E-state index contributed by atoms with van der Waals surface area (Å²) in [5, 5.41) is 22.3. The van der Waals surface area contributed by atoms with Gasteiger partial charge in [0, 0.05) is 25.8 Å². The van der Waals surface area contributed by atoms with E-state index in [0.29, 0.717) is 31.5 Å². The number of hydrogen-bond acceptors (Lipinski definition) is 5. The minimum absolute atomic E-state index is 0.159. The lowest BCUT2D eigenvalue weighted by molar-refractivity contribution is -0.147. The van der Waals surface area contributed by atoms with E-state index < -0.39 is 11.5 Å². The number of likely N-dealkylation sites (tertiary alicyclic amines) is 1. The van der Waals surface area contributed by atoms with Crippen molar-refractivity contribution in [2.75, 3.05) is 19.6 Å². The molecule has 23 heavy (non-hydrogen) atoms. The van der Waals surface area contributed by atoms with Crippen molar-refractivity contribution in [3.63, 3.8) is 0 Å². The van der Waals surface area contributed by atoms with Gasteiger partial charge >= 0.3 is 0 Å². The summed E-state index contributed by atoms with van der Waals surface area (Å²) in [5.41, 5.74) is -0.0503. The quantitative estimate of drug-likeness (QED) is 0.693. The Balaban J connectivity index is 1.83. The molecule has 7 nitrogen and oxygen atoms in total. The van der Waals surface area contributed by atoms with Gasteiger partial charge in [0.2, 0.25) is 5.91 Å². The molecule has 3 N–H and O–H groups in total. The summed E-state index contributed by atoms with van der Waals surface area (Å²) in [4.78, 5) is 30.7. The predicted octanol–water partition coefficient (Wildman–Crippen LogP) is -0.323. The van der Waals surface area contributed by atoms with Gasteiger partial charge in [-0.25, -0.2) is 0 Å². The highest BCUT2D eigenvalue weighted by Crippen LogP contribution is 2.37. The van der Waals surface area contributed by atoms with Crippen LogP contribution in [0.15, 0.2) is 18.3 Å². The Morgan fingerprint density at radius 1 is 1.52 bits per heavy atom. The lowest BCUT2D eigenvalue weighted by Gasteiger charge is -2.46. The zero-order valence-corrected chi connectivity index (χ0v) is 12.9. The van der Waals surface area contributed by atoms with Gasteiger partial charge in [0.05, 0.1) is 18.1 Å². The lowest BCUT2D eigenvalue weighted by Crippen LogP contribution is -2.62. The third kappa shape index (κ3) is 2.82. The van der Waals surface area contributed by atoms with Crippen LogP contribution in [0.2, 0.25) is 0 Å². The summed E-state index contributed by atoms with van der Waals surface area (Å²) in [6.07, 6.45) is 2.50. The molecular formula is C16H21N3O4. The van der Waals surface area contributed by atoms with Crippen LogP contribution in [0.4, 0.5) is 0 Å². The third-order valence-electron chi connectivity index (χ3n) is 4.83. The van der Waals surface area contributed by atoms with Crippen molar-refractivity contribution in [3.8, 4) is 0 Å². The molecule has 2 atom stereocenters. The molecule has 2 saturated heterocycles. The van der Waals surface area contributed by atoms with Gasteiger partial charge in [-0.3, -0.25) is 14.6 Å². The molecule has 3 heterocycles. The summed E-state index contributed by atoms with van der Waals surface area (Å²) in [7, 11) is 0. The second-order valence-corrected chi connectivity index (χ2v) is 6.25. The van der Waals surface area contributed by atoms with E-state index in [1.54, 1.807) is 17.0 Å². The number of piperidine rings is 2. The van der Waals surface area contributed by atoms with Crippen molar-refractivity contribution in [2.24, 2.45) is 5.41 Å². The third-order valence-corrected chi connectivity index (χ3v) is 4.83. The van der Waals surface area contributed by atoms with E-state index >= 15 is 0 Å². The summed E-state index contributed by atoms with van der Waals surface area (Å²) in [5.74, 6) is -0.448. The SMILES string of the molecule is O=C(c1cc(CO)ccn1)N1CC[C@H](O)[C@@]2(CCCNC2=O)C1. The summed E-state index contributed by atoms with van der Waals surface area (Å²) < 4.78 is 0. The van der Waals surface area contributed by atoms with Gasteiger partial charge < -0.3 is 20.4 Å². The zero-order chi connectivity index (χ0) is 16.4. The van der Waals surface area contributed by atoms with Crippen molar-refractivity contribution in [2.45, 2.75) is 32.0 Å². The number of aromatic nitrogens is 1. The molecule has 0 bridgehead atoms. The van der Waals surface area contributed by atoms with Crippen molar-refractivity contribution in [1.82, 2.24) is 15.2 Å². The lowest BCUT2D eigenvalue weighted by atomic mass is 9.71. The average Bonchev–Trinajstić information content (AvgIpc) is 2.59. The fraction of sp³-hybridized carbons (Fsp3) is 0.562. The van der Waals surface area contributed by atoms with Crippen LogP contribution >= 0.6 is 0 Å². The first-order valence-corrected chi connectivity index (χ1v) is 7.88. The fourth-order valence-electron chi connectivity index (χ4n) is 3.47. The predicted molar refractivity (Wildman–Crippen MR) is 81.4 cm³/mol. The van der Waals surface area contributed by atoms with E-state index in [0.717, 1.165) is 6.42 Å². The van der Waals surface area contributed by atoms with Gasteiger partial charge in [-0.1, -0.05) is 0 Å². The maximum Gasteiger partial charge on any atom is 0.272 e. The maximum atomic E-state index is 12.7. The normalized spacial score (nSPS) is 27.8. The molecule has 1 aromatic rings. The Morgan fingerprint density at radius 2 is 2.35 bits per heavy atom. The number of pyridine rings is 1. The number of aliphatic hydroxyl groups is 2. The first-order chi connectivity index (χ1) is 11.1. The standard InChI is InChI=1S/C16H21N3O4/c20-9-11-2-6-17-12(8-11)14(22)19-7-3-13(21)16(10-19)4-1-5-18-15(16)23/h2,6,8,13,20-21H,1,3-5,7,9-10H2,(H,18,23)/t13-,16+/m0/s1. The van der Waals surface area contributed by atoms with Crippen LogP contribution in [-0.4, -0.2) is 57.6 Å². The highest BCUT2D eigenvalue weighted by atomic mass is 16.3. The van der Waals surface area contributed by atoms with Crippen LogP contribution in [0.5, 0.6) is 0 Å². The summed E-state index contributed by atoms with van der Waals surface area (Å²) in [6, 6.07) is 3.20. The summed E-state index contributed by atoms with van der Waals surface area (Å²) in [6.45, 7) is 1.04. The Morgan fingerprint density at radius 3 is 3.09 bits per heavy atom. The van der Waals surface area contributed by atoms with Crippen molar-refractivity contribution >= 4 is 11.8 Å². The highest BCUT2D eigenvalue weighted by Gasteiger charge is 2.50. The van der Waals surface area contributed by atoms with Crippen molar-refractivity contribution < 1.29 is 19.8 Å². The molecule has 0 aliphatic carbocycles. The number of amides is 2. The largest absolute Gasteiger partial charge is 0.392 e. The number of nitrogens with zero attached hydrogens (tertiary/aromatic N) is 2. The molecule has 1 spiro atoms. The smallest absolute Gasteiger partial charge is 0.272 e. The van der Waals surface area contributed by atoms with E-state index in [4.69, 9.17) is 0 Å². The number of carbonyl (C=O) groups is 2. The van der Waals surface area contributed by atoms with Crippen LogP contribution in [0.3, 0.4) is 0 Å². The van der Waals surface area contributed by atoms with E-state index in [1.165, 1.54) is 6.20 Å². The topological polar surface area (TPSA) is 103 Å². The van der Waals surface area contributed by atoms with Gasteiger partial charge in [-0.2, -0.15) is 0 Å². The Bertz CT molecular complexity index is 621. The van der Waals surface area contributed by atoms with Gasteiger partial charge in [0.1, 0.15) is 5.69 Å². The van der Waals surface area contributed by atoms with Crippen LogP contribution in [-0.2, 0) is 11.4 Å². The molecule has 2 amide bonds. The average molecular weight is 319 g/mol. The second kappa shape index (κ2) is 6.25. The van der Waals surface area contributed by atoms with Crippen molar-refractivity contribution in [1.29, 1.82) is 0 Å². The van der Waals surface area contributed by atoms with Gasteiger partial charge in [0.25, 0.3) is 5.91 Å². The highest BCUT2D eigenvalue weighted by molar-refractivity contribution is 5.93. The molecule has 2 fully saturated rings. The molecule has 1 aromatic heterocycles. The molecular weight excluding hydrogens is 298 g/mol. The molecule has 0 saturated carbocycles. The maximum absolute atomic E-state index is 12.7. The molecule has 2 aliphatic heterocycles. The van der Waals surface area contributed by atoms with Crippen LogP contribution in [0.1, 0.15) is 35.3 Å². The molecule has 0 radical (unpaired) electrons. The minimum atomic E-state index is -0.916. The fourth-order valence-corrected chi connectivity index (χ4v) is 3.47. The monoisotopic (exact) mass is 319 g/mol. The molecule has 124 valence electrons. The minimum Gasteiger partial charge on any atom is -0.392 e. The molecule has 2 aliphatic rings. The van der Waals surface area contributed by atoms with E-state index in [2.05, 4.69) is 10.3 Å². The van der Waals surface area contributed by atoms with E-state index in [9.17, 15) is 19.8 Å². The zero-order valence-electron chi connectivity index (χ0n) is 12.9. The first kappa shape index (κ1) is 15.9.